The number of para-hydroxylation sites is 3. The summed E-state index contributed by atoms with van der Waals surface area (Å²) in [6.45, 7) is 6.46. The van der Waals surface area contributed by atoms with E-state index >= 15 is 0 Å². The van der Waals surface area contributed by atoms with Gasteiger partial charge in [-0.1, -0.05) is 30.3 Å². The van der Waals surface area contributed by atoms with Gasteiger partial charge in [0.25, 0.3) is 0 Å². The van der Waals surface area contributed by atoms with Crippen LogP contribution in [0.5, 0.6) is 5.75 Å². The molecule has 152 valence electrons. The molecule has 0 aliphatic carbocycles. The fourth-order valence-corrected chi connectivity index (χ4v) is 4.30. The van der Waals surface area contributed by atoms with Crippen LogP contribution in [0.4, 0.5) is 5.69 Å². The van der Waals surface area contributed by atoms with Crippen molar-refractivity contribution >= 4 is 5.69 Å². The Bertz CT molecular complexity index is 929. The highest BCUT2D eigenvalue weighted by Crippen LogP contribution is 2.30. The Morgan fingerprint density at radius 2 is 1.72 bits per heavy atom. The van der Waals surface area contributed by atoms with E-state index in [-0.39, 0.29) is 6.04 Å². The molecular formula is C24H30N4O. The Balaban J connectivity index is 1.38. The number of anilines is 1. The van der Waals surface area contributed by atoms with Crippen molar-refractivity contribution in [3.8, 4) is 11.4 Å². The standard InChI is InChI=1S/C24H30N4O/c1-18(22-17-25-28(19(22)2)21-9-5-4-6-10-21)26-20-13-15-27(16-14-20)23-11-7-8-12-24(23)29-3/h4-12,17-18,20,26H,13-16H2,1-3H3/t18-/m1/s1. The normalized spacial score (nSPS) is 16.0. The van der Waals surface area contributed by atoms with Crippen molar-refractivity contribution in [3.63, 3.8) is 0 Å². The van der Waals surface area contributed by atoms with Gasteiger partial charge in [-0.05, 0) is 51.0 Å². The molecular weight excluding hydrogens is 360 g/mol. The summed E-state index contributed by atoms with van der Waals surface area (Å²) in [6.07, 6.45) is 4.24. The molecule has 1 atom stereocenters. The van der Waals surface area contributed by atoms with Crippen LogP contribution in [-0.4, -0.2) is 36.0 Å². The van der Waals surface area contributed by atoms with Gasteiger partial charge in [-0.25, -0.2) is 4.68 Å². The number of ether oxygens (including phenoxy) is 1. The first-order valence-electron chi connectivity index (χ1n) is 10.4. The average molecular weight is 391 g/mol. The molecule has 4 rings (SSSR count). The molecule has 0 saturated carbocycles. The van der Waals surface area contributed by atoms with Gasteiger partial charge in [0.1, 0.15) is 5.75 Å². The summed E-state index contributed by atoms with van der Waals surface area (Å²) in [4.78, 5) is 2.43. The predicted molar refractivity (Wildman–Crippen MR) is 118 cm³/mol. The number of methoxy groups -OCH3 is 1. The van der Waals surface area contributed by atoms with Crippen molar-refractivity contribution in [3.05, 3.63) is 72.1 Å². The number of piperidine rings is 1. The molecule has 1 saturated heterocycles. The van der Waals surface area contributed by atoms with Gasteiger partial charge >= 0.3 is 0 Å². The van der Waals surface area contributed by atoms with E-state index in [1.165, 1.54) is 16.9 Å². The van der Waals surface area contributed by atoms with Crippen LogP contribution in [-0.2, 0) is 0 Å². The monoisotopic (exact) mass is 390 g/mol. The van der Waals surface area contributed by atoms with Crippen molar-refractivity contribution in [1.29, 1.82) is 0 Å². The lowest BCUT2D eigenvalue weighted by Gasteiger charge is -2.35. The van der Waals surface area contributed by atoms with Crippen LogP contribution < -0.4 is 15.0 Å². The van der Waals surface area contributed by atoms with Crippen molar-refractivity contribution in [1.82, 2.24) is 15.1 Å². The molecule has 0 spiro atoms. The van der Waals surface area contributed by atoms with E-state index in [1.807, 2.05) is 41.2 Å². The molecule has 3 aromatic rings. The Morgan fingerprint density at radius 3 is 2.45 bits per heavy atom. The van der Waals surface area contributed by atoms with E-state index in [1.54, 1.807) is 7.11 Å². The number of nitrogens with zero attached hydrogens (tertiary/aromatic N) is 3. The highest BCUT2D eigenvalue weighted by atomic mass is 16.5. The summed E-state index contributed by atoms with van der Waals surface area (Å²) >= 11 is 0. The zero-order chi connectivity index (χ0) is 20.2. The molecule has 5 heteroatoms. The largest absolute Gasteiger partial charge is 0.495 e. The number of aromatic nitrogens is 2. The van der Waals surface area contributed by atoms with E-state index in [0.29, 0.717) is 6.04 Å². The first kappa shape index (κ1) is 19.5. The zero-order valence-corrected chi connectivity index (χ0v) is 17.5. The lowest BCUT2D eigenvalue weighted by Crippen LogP contribution is -2.43. The molecule has 1 fully saturated rings. The smallest absolute Gasteiger partial charge is 0.142 e. The van der Waals surface area contributed by atoms with Crippen molar-refractivity contribution in [2.24, 2.45) is 0 Å². The van der Waals surface area contributed by atoms with Gasteiger partial charge in [-0.2, -0.15) is 5.10 Å². The third-order valence-electron chi connectivity index (χ3n) is 5.92. The predicted octanol–water partition coefficient (Wildman–Crippen LogP) is 4.51. The Kier molecular flexibility index (Phi) is 5.86. The van der Waals surface area contributed by atoms with Gasteiger partial charge in [-0.15, -0.1) is 0 Å². The van der Waals surface area contributed by atoms with Crippen molar-refractivity contribution < 1.29 is 4.74 Å². The van der Waals surface area contributed by atoms with Crippen LogP contribution in [0.1, 0.15) is 37.1 Å². The SMILES string of the molecule is COc1ccccc1N1CCC(N[C@H](C)c2cnn(-c3ccccc3)c2C)CC1. The molecule has 1 N–H and O–H groups in total. The number of hydrogen-bond donors (Lipinski definition) is 1. The number of rotatable bonds is 6. The topological polar surface area (TPSA) is 42.3 Å². The van der Waals surface area contributed by atoms with E-state index < -0.39 is 0 Å². The minimum Gasteiger partial charge on any atom is -0.495 e. The average Bonchev–Trinajstić information content (AvgIpc) is 3.16. The highest BCUT2D eigenvalue weighted by Gasteiger charge is 2.24. The molecule has 2 heterocycles. The minimum absolute atomic E-state index is 0.273. The van der Waals surface area contributed by atoms with Gasteiger partial charge in [0.15, 0.2) is 0 Å². The molecule has 0 radical (unpaired) electrons. The van der Waals surface area contributed by atoms with Gasteiger partial charge in [0.05, 0.1) is 24.7 Å². The van der Waals surface area contributed by atoms with E-state index in [2.05, 4.69) is 53.4 Å². The lowest BCUT2D eigenvalue weighted by molar-refractivity contribution is 0.375. The molecule has 5 nitrogen and oxygen atoms in total. The Morgan fingerprint density at radius 1 is 1.03 bits per heavy atom. The molecule has 0 bridgehead atoms. The molecule has 0 amide bonds. The van der Waals surface area contributed by atoms with Crippen LogP contribution >= 0.6 is 0 Å². The second-order valence-electron chi connectivity index (χ2n) is 7.75. The van der Waals surface area contributed by atoms with Gasteiger partial charge in [0.2, 0.25) is 0 Å². The van der Waals surface area contributed by atoms with E-state index in [4.69, 9.17) is 4.74 Å². The maximum atomic E-state index is 5.53. The van der Waals surface area contributed by atoms with Crippen molar-refractivity contribution in [2.45, 2.75) is 38.8 Å². The van der Waals surface area contributed by atoms with Crippen molar-refractivity contribution in [2.75, 3.05) is 25.1 Å². The quantitative estimate of drug-likeness (QED) is 0.672. The lowest BCUT2D eigenvalue weighted by atomic mass is 10.0. The first-order valence-corrected chi connectivity index (χ1v) is 10.4. The summed E-state index contributed by atoms with van der Waals surface area (Å²) in [5.41, 5.74) is 4.76. The fourth-order valence-electron chi connectivity index (χ4n) is 4.30. The van der Waals surface area contributed by atoms with Crippen LogP contribution in [0.15, 0.2) is 60.8 Å². The van der Waals surface area contributed by atoms with Gasteiger partial charge < -0.3 is 15.0 Å². The van der Waals surface area contributed by atoms with Gasteiger partial charge in [-0.3, -0.25) is 0 Å². The Hall–Kier alpha value is -2.79. The highest BCUT2D eigenvalue weighted by molar-refractivity contribution is 5.58. The third-order valence-corrected chi connectivity index (χ3v) is 5.92. The molecule has 1 aliphatic rings. The molecule has 0 unspecified atom stereocenters. The first-order chi connectivity index (χ1) is 14.2. The molecule has 1 aliphatic heterocycles. The van der Waals surface area contributed by atoms with E-state index in [0.717, 1.165) is 37.4 Å². The molecule has 1 aromatic heterocycles. The van der Waals surface area contributed by atoms with E-state index in [9.17, 15) is 0 Å². The summed E-state index contributed by atoms with van der Waals surface area (Å²) in [7, 11) is 1.74. The summed E-state index contributed by atoms with van der Waals surface area (Å²) < 4.78 is 7.56. The summed E-state index contributed by atoms with van der Waals surface area (Å²) in [5.74, 6) is 0.955. The number of nitrogens with one attached hydrogen (secondary N) is 1. The minimum atomic E-state index is 0.273. The number of hydrogen-bond acceptors (Lipinski definition) is 4. The summed E-state index contributed by atoms with van der Waals surface area (Å²) in [5, 5.41) is 8.46. The second kappa shape index (κ2) is 8.70. The van der Waals surface area contributed by atoms with Crippen LogP contribution in [0.2, 0.25) is 0 Å². The zero-order valence-electron chi connectivity index (χ0n) is 17.5. The maximum Gasteiger partial charge on any atom is 0.142 e. The fraction of sp³-hybridized carbons (Fsp3) is 0.375. The second-order valence-corrected chi connectivity index (χ2v) is 7.75. The van der Waals surface area contributed by atoms with Gasteiger partial charge in [0, 0.05) is 36.4 Å². The summed E-state index contributed by atoms with van der Waals surface area (Å²) in [6, 6.07) is 19.4. The van der Waals surface area contributed by atoms with Crippen LogP contribution in [0.25, 0.3) is 5.69 Å². The molecule has 2 aromatic carbocycles. The Labute approximate surface area is 173 Å². The third kappa shape index (κ3) is 4.15. The van der Waals surface area contributed by atoms with Crippen LogP contribution in [0, 0.1) is 6.92 Å². The molecule has 29 heavy (non-hydrogen) atoms. The number of benzene rings is 2. The van der Waals surface area contributed by atoms with Crippen LogP contribution in [0.3, 0.4) is 0 Å². The maximum absolute atomic E-state index is 5.53.